The van der Waals surface area contributed by atoms with Gasteiger partial charge in [0.05, 0.1) is 6.42 Å². The van der Waals surface area contributed by atoms with Crippen LogP contribution in [0.2, 0.25) is 0 Å². The standard InChI is InChI=1S/C9H18N2O2/c1-2-10-5-7-11(8-6-10)4-3-9(12)13/h2-8H2,1H3,(H,12,13)/i/hD. The van der Waals surface area contributed by atoms with Crippen LogP contribution in [0.1, 0.15) is 13.3 Å². The average Bonchev–Trinajstić information content (AvgIpc) is 2.26. The van der Waals surface area contributed by atoms with Gasteiger partial charge >= 0.3 is 5.97 Å². The van der Waals surface area contributed by atoms with Crippen LogP contribution in [-0.4, -0.2) is 60.1 Å². The Kier molecular flexibility index (Phi) is 3.58. The summed E-state index contributed by atoms with van der Waals surface area (Å²) in [6, 6.07) is 0. The molecule has 0 atom stereocenters. The minimum atomic E-state index is -0.442. The molecule has 1 aliphatic heterocycles. The van der Waals surface area contributed by atoms with Gasteiger partial charge in [-0.25, -0.2) is 0 Å². The highest BCUT2D eigenvalue weighted by molar-refractivity contribution is 5.66. The molecule has 0 aromatic carbocycles. The van der Waals surface area contributed by atoms with Crippen molar-refractivity contribution in [1.29, 1.82) is 1.43 Å². The summed E-state index contributed by atoms with van der Waals surface area (Å²) >= 11 is 0. The van der Waals surface area contributed by atoms with Gasteiger partial charge in [-0.2, -0.15) is 0 Å². The molecular weight excluding hydrogens is 168 g/mol. The third kappa shape index (κ3) is 3.74. The maximum absolute atomic E-state index is 10.7. The molecule has 0 radical (unpaired) electrons. The summed E-state index contributed by atoms with van der Waals surface area (Å²) < 4.78 is 6.41. The van der Waals surface area contributed by atoms with Crippen LogP contribution in [0.15, 0.2) is 0 Å². The van der Waals surface area contributed by atoms with E-state index in [0.29, 0.717) is 6.42 Å². The molecule has 0 aromatic heterocycles. The lowest BCUT2D eigenvalue weighted by Gasteiger charge is -2.33. The van der Waals surface area contributed by atoms with Crippen LogP contribution in [0.4, 0.5) is 0 Å². The molecule has 4 heteroatoms. The molecule has 0 bridgehead atoms. The third-order valence-corrected chi connectivity index (χ3v) is 2.54. The van der Waals surface area contributed by atoms with Crippen molar-refractivity contribution < 1.29 is 9.90 Å². The lowest BCUT2D eigenvalue weighted by atomic mass is 10.3. The van der Waals surface area contributed by atoms with Crippen molar-refractivity contribution in [2.75, 3.05) is 39.3 Å². The summed E-state index contributed by atoms with van der Waals surface area (Å²) in [5.41, 5.74) is 0. The largest absolute Gasteiger partial charge is 0.481 e. The van der Waals surface area contributed by atoms with Gasteiger partial charge in [0.25, 0.3) is 1.43 Å². The quantitative estimate of drug-likeness (QED) is 0.678. The third-order valence-electron chi connectivity index (χ3n) is 2.54. The lowest BCUT2D eigenvalue weighted by Crippen LogP contribution is -2.46. The first-order valence-electron chi connectivity index (χ1n) is 5.27. The lowest BCUT2D eigenvalue weighted by molar-refractivity contribution is -0.137. The molecule has 13 heavy (non-hydrogen) atoms. The maximum Gasteiger partial charge on any atom is 0.304 e. The van der Waals surface area contributed by atoms with E-state index in [-0.39, 0.29) is 0 Å². The number of likely N-dealkylation sites (N-methyl/N-ethyl adjacent to an activating group) is 1. The van der Waals surface area contributed by atoms with Gasteiger partial charge in [0.2, 0.25) is 0 Å². The summed E-state index contributed by atoms with van der Waals surface area (Å²) in [5.74, 6) is -0.442. The van der Waals surface area contributed by atoms with Gasteiger partial charge in [-0.3, -0.25) is 4.79 Å². The molecule has 1 rings (SSSR count). The topological polar surface area (TPSA) is 43.8 Å². The molecule has 0 amide bonds. The van der Waals surface area contributed by atoms with Gasteiger partial charge in [-0.1, -0.05) is 6.92 Å². The Morgan fingerprint density at radius 3 is 2.54 bits per heavy atom. The molecule has 0 unspecified atom stereocenters. The minimum Gasteiger partial charge on any atom is -0.481 e. The molecule has 0 spiro atoms. The van der Waals surface area contributed by atoms with Crippen LogP contribution < -0.4 is 0 Å². The van der Waals surface area contributed by atoms with E-state index in [1.54, 1.807) is 0 Å². The molecule has 1 fully saturated rings. The van der Waals surface area contributed by atoms with Crippen LogP contribution in [0.5, 0.6) is 0 Å². The number of aliphatic carboxylic acids is 1. The Morgan fingerprint density at radius 1 is 1.38 bits per heavy atom. The van der Waals surface area contributed by atoms with Crippen molar-refractivity contribution in [3.63, 3.8) is 0 Å². The molecule has 76 valence electrons. The molecule has 1 saturated heterocycles. The molecule has 4 nitrogen and oxygen atoms in total. The molecular formula is C9H18N2O2. The van der Waals surface area contributed by atoms with Crippen molar-refractivity contribution in [2.45, 2.75) is 13.3 Å². The van der Waals surface area contributed by atoms with Crippen molar-refractivity contribution in [2.24, 2.45) is 0 Å². The number of hydrogen-bond acceptors (Lipinski definition) is 4. The smallest absolute Gasteiger partial charge is 0.304 e. The predicted molar refractivity (Wildman–Crippen MR) is 50.8 cm³/mol. The molecule has 1 aliphatic rings. The van der Waals surface area contributed by atoms with E-state index in [2.05, 4.69) is 21.8 Å². The summed E-state index contributed by atoms with van der Waals surface area (Å²) in [5, 5.41) is 3.86. The van der Waals surface area contributed by atoms with Gasteiger partial charge in [0, 0.05) is 32.7 Å². The number of rotatable bonds is 4. The summed E-state index contributed by atoms with van der Waals surface area (Å²) in [7, 11) is 0. The first-order valence-corrected chi connectivity index (χ1v) is 4.87. The van der Waals surface area contributed by atoms with Crippen molar-refractivity contribution >= 4 is 5.97 Å². The van der Waals surface area contributed by atoms with E-state index in [9.17, 15) is 4.79 Å². The monoisotopic (exact) mass is 187 g/mol. The zero-order chi connectivity index (χ0) is 10.4. The number of nitrogens with zero attached hydrogens (tertiary/aromatic N) is 2. The first-order chi connectivity index (χ1) is 6.76. The van der Waals surface area contributed by atoms with Crippen LogP contribution >= 0.6 is 0 Å². The molecule has 1 heterocycles. The Hall–Kier alpha value is -0.610. The molecule has 1 N–H and O–H groups in total. The molecule has 0 saturated carbocycles. The summed E-state index contributed by atoms with van der Waals surface area (Å²) in [4.78, 5) is 15.4. The maximum atomic E-state index is 10.7. The van der Waals surface area contributed by atoms with Gasteiger partial charge in [-0.15, -0.1) is 0 Å². The fourth-order valence-corrected chi connectivity index (χ4v) is 1.58. The molecule has 0 aromatic rings. The van der Waals surface area contributed by atoms with E-state index in [1.807, 2.05) is 0 Å². The zero-order valence-corrected chi connectivity index (χ0v) is 8.16. The summed E-state index contributed by atoms with van der Waals surface area (Å²) in [6.45, 7) is 8.15. The van der Waals surface area contributed by atoms with E-state index in [4.69, 9.17) is 1.43 Å². The van der Waals surface area contributed by atoms with Gasteiger partial charge in [-0.05, 0) is 6.54 Å². The predicted octanol–water partition coefficient (Wildman–Crippen LogP) is 0.0986. The highest BCUT2D eigenvalue weighted by Crippen LogP contribution is 2.01. The van der Waals surface area contributed by atoms with Crippen LogP contribution in [0, 0.1) is 0 Å². The van der Waals surface area contributed by atoms with E-state index in [0.717, 1.165) is 39.3 Å². The zero-order valence-electron chi connectivity index (χ0n) is 9.16. The Labute approximate surface area is 80.6 Å². The highest BCUT2D eigenvalue weighted by Gasteiger charge is 2.15. The molecule has 0 aliphatic carbocycles. The normalized spacial score (nSPS) is 21.2. The highest BCUT2D eigenvalue weighted by atomic mass is 16.4. The number of hydrogen-bond donors (Lipinski definition) is 1. The van der Waals surface area contributed by atoms with E-state index < -0.39 is 5.97 Å². The average molecular weight is 187 g/mol. The van der Waals surface area contributed by atoms with Crippen LogP contribution in [0.3, 0.4) is 0 Å². The fourth-order valence-electron chi connectivity index (χ4n) is 1.58. The second-order valence-corrected chi connectivity index (χ2v) is 3.40. The van der Waals surface area contributed by atoms with Crippen LogP contribution in [-0.2, 0) is 4.79 Å². The Balaban J connectivity index is 2.13. The van der Waals surface area contributed by atoms with Gasteiger partial charge in [0.1, 0.15) is 0 Å². The van der Waals surface area contributed by atoms with Crippen molar-refractivity contribution in [3.8, 4) is 0 Å². The van der Waals surface area contributed by atoms with E-state index >= 15 is 0 Å². The van der Waals surface area contributed by atoms with Gasteiger partial charge in [0.15, 0.2) is 0 Å². The number of carboxylic acid groups (broad SMARTS) is 1. The second kappa shape index (κ2) is 5.19. The SMILES string of the molecule is [2H]OC(=O)CCN1CCN(CC)CC1. The van der Waals surface area contributed by atoms with E-state index in [1.165, 1.54) is 0 Å². The first kappa shape index (κ1) is 8.97. The Bertz CT molecular complexity index is 182. The second-order valence-electron chi connectivity index (χ2n) is 3.40. The number of carbonyl (C=O) groups is 1. The van der Waals surface area contributed by atoms with Crippen LogP contribution in [0.25, 0.3) is 1.43 Å². The van der Waals surface area contributed by atoms with Crippen molar-refractivity contribution in [3.05, 3.63) is 0 Å². The number of carboxylic acids is 1. The fraction of sp³-hybridized carbons (Fsp3) is 0.889. The van der Waals surface area contributed by atoms with Crippen molar-refractivity contribution in [1.82, 2.24) is 9.80 Å². The Morgan fingerprint density at radius 2 is 2.00 bits per heavy atom. The summed E-state index contributed by atoms with van der Waals surface area (Å²) in [6.07, 6.45) is 0.329. The number of piperazine rings is 1. The van der Waals surface area contributed by atoms with Gasteiger partial charge < -0.3 is 14.9 Å². The minimum absolute atomic E-state index is 0.329.